The van der Waals surface area contributed by atoms with Crippen LogP contribution >= 0.6 is 0 Å². The predicted octanol–water partition coefficient (Wildman–Crippen LogP) is 0.230. The summed E-state index contributed by atoms with van der Waals surface area (Å²) in [6, 6.07) is 0. The number of halogens is 1. The first kappa shape index (κ1) is 7.58. The van der Waals surface area contributed by atoms with Gasteiger partial charge in [-0.15, -0.1) is 0 Å². The Balaban J connectivity index is 3.76. The van der Waals surface area contributed by atoms with Crippen LogP contribution in [-0.4, -0.2) is 14.2 Å². The lowest BCUT2D eigenvalue weighted by Gasteiger charge is -1.79. The van der Waals surface area contributed by atoms with Crippen molar-refractivity contribution in [2.24, 2.45) is 0 Å². The maximum absolute atomic E-state index is 10.9. The molecule has 0 aliphatic heterocycles. The Bertz CT molecular complexity index is 169. The average molecular weight is 139 g/mol. The second-order valence-electron chi connectivity index (χ2n) is 1.09. The molecule has 47 valence electrons. The molecule has 0 aliphatic rings. The largest absolute Gasteiger partial charge is 0.298 e. The van der Waals surface area contributed by atoms with Crippen molar-refractivity contribution in [2.75, 3.05) is 5.75 Å². The second-order valence-corrected chi connectivity index (χ2v) is 2.53. The van der Waals surface area contributed by atoms with Crippen molar-refractivity contribution >= 4 is 10.1 Å². The summed E-state index contributed by atoms with van der Waals surface area (Å²) in [6.07, 6.45) is 0.664. The van der Waals surface area contributed by atoms with Gasteiger partial charge in [0.1, 0.15) is 0 Å². The molecule has 0 aromatic rings. The van der Waals surface area contributed by atoms with Crippen molar-refractivity contribution in [1.29, 1.82) is 0 Å². The van der Waals surface area contributed by atoms with Crippen LogP contribution < -0.4 is 0 Å². The van der Waals surface area contributed by atoms with Crippen molar-refractivity contribution in [2.45, 2.75) is 0 Å². The number of hydrogen-bond acceptors (Lipinski definition) is 2. The summed E-state index contributed by atoms with van der Waals surface area (Å²) < 4.78 is 39.8. The molecule has 0 bridgehead atoms. The van der Waals surface area contributed by atoms with Crippen LogP contribution in [0, 0.1) is 0 Å². The quantitative estimate of drug-likeness (QED) is 0.549. The van der Waals surface area contributed by atoms with E-state index in [-0.39, 0.29) is 6.33 Å². The zero-order chi connectivity index (χ0) is 6.62. The molecule has 0 aromatic heterocycles. The van der Waals surface area contributed by atoms with Gasteiger partial charge in [0.2, 0.25) is 0 Å². The van der Waals surface area contributed by atoms with E-state index in [1.807, 2.05) is 0 Å². The molecular formula is C3H4FO3S. The molecule has 3 nitrogen and oxygen atoms in total. The lowest BCUT2D eigenvalue weighted by atomic mass is 10.7. The summed E-state index contributed by atoms with van der Waals surface area (Å²) in [5.74, 6) is -0.774. The molecule has 0 aromatic carbocycles. The highest BCUT2D eigenvalue weighted by molar-refractivity contribution is 7.85. The Morgan fingerprint density at radius 1 is 1.50 bits per heavy atom. The van der Waals surface area contributed by atoms with Crippen LogP contribution in [0.4, 0.5) is 4.39 Å². The zero-order valence-corrected chi connectivity index (χ0v) is 4.69. The fourth-order valence-corrected chi connectivity index (χ4v) is 0.463. The van der Waals surface area contributed by atoms with Crippen molar-refractivity contribution in [1.82, 2.24) is 0 Å². The maximum atomic E-state index is 10.9. The predicted molar refractivity (Wildman–Crippen MR) is 24.7 cm³/mol. The van der Waals surface area contributed by atoms with E-state index in [2.05, 4.69) is 0 Å². The maximum Gasteiger partial charge on any atom is 0.298 e. The third-order valence-electron chi connectivity index (χ3n) is 0.389. The van der Waals surface area contributed by atoms with Crippen LogP contribution in [0.1, 0.15) is 0 Å². The van der Waals surface area contributed by atoms with E-state index < -0.39 is 15.9 Å². The molecule has 0 spiro atoms. The first-order chi connectivity index (χ1) is 3.56. The van der Waals surface area contributed by atoms with E-state index in [1.54, 1.807) is 0 Å². The Morgan fingerprint density at radius 3 is 2.12 bits per heavy atom. The third kappa shape index (κ3) is 5.58. The van der Waals surface area contributed by atoms with E-state index in [0.717, 1.165) is 0 Å². The molecule has 0 fully saturated rings. The van der Waals surface area contributed by atoms with Gasteiger partial charge in [-0.1, -0.05) is 4.55 Å². The fourth-order valence-electron chi connectivity index (χ4n) is 0.154. The molecule has 0 amide bonds. The molecule has 0 heterocycles. The molecular weight excluding hydrogens is 135 g/mol. The highest BCUT2D eigenvalue weighted by Crippen LogP contribution is 1.83. The molecule has 0 rings (SSSR count). The van der Waals surface area contributed by atoms with E-state index >= 15 is 0 Å². The van der Waals surface area contributed by atoms with Crippen LogP contribution in [0.25, 0.3) is 0 Å². The van der Waals surface area contributed by atoms with E-state index in [0.29, 0.717) is 6.08 Å². The third-order valence-corrected chi connectivity index (χ3v) is 0.990. The van der Waals surface area contributed by atoms with Crippen molar-refractivity contribution in [3.8, 4) is 0 Å². The van der Waals surface area contributed by atoms with Crippen LogP contribution in [-0.2, 0) is 14.7 Å². The minimum absolute atomic E-state index is 0.0233. The van der Waals surface area contributed by atoms with Gasteiger partial charge >= 0.3 is 0 Å². The molecule has 8 heavy (non-hydrogen) atoms. The molecule has 5 heteroatoms. The smallest absolute Gasteiger partial charge is 0.216 e. The first-order valence-corrected chi connectivity index (χ1v) is 3.33. The Labute approximate surface area is 46.6 Å². The Kier molecular flexibility index (Phi) is 2.64. The van der Waals surface area contributed by atoms with Gasteiger partial charge in [-0.2, -0.15) is 8.42 Å². The normalized spacial score (nSPS) is 12.8. The second kappa shape index (κ2) is 2.78. The highest BCUT2D eigenvalue weighted by atomic mass is 32.2. The zero-order valence-electron chi connectivity index (χ0n) is 3.87. The van der Waals surface area contributed by atoms with E-state index in [9.17, 15) is 17.4 Å². The van der Waals surface area contributed by atoms with Gasteiger partial charge in [-0.25, -0.2) is 4.39 Å². The van der Waals surface area contributed by atoms with Gasteiger partial charge in [0, 0.05) is 0 Å². The van der Waals surface area contributed by atoms with Gasteiger partial charge in [0.25, 0.3) is 10.1 Å². The van der Waals surface area contributed by atoms with Gasteiger partial charge in [-0.3, -0.25) is 0 Å². The topological polar surface area (TPSA) is 54.0 Å². The summed E-state index contributed by atoms with van der Waals surface area (Å²) >= 11 is 0. The summed E-state index contributed by atoms with van der Waals surface area (Å²) in [5.41, 5.74) is 0. The number of rotatable bonds is 2. The van der Waals surface area contributed by atoms with Gasteiger partial charge in [0.15, 0.2) is 0 Å². The molecule has 1 radical (unpaired) electrons. The summed E-state index contributed by atoms with van der Waals surface area (Å²) in [7, 11) is -4.26. The SMILES string of the molecule is [O]S(=O)(=O)CC=CF. The van der Waals surface area contributed by atoms with Gasteiger partial charge in [0.05, 0.1) is 12.1 Å². The van der Waals surface area contributed by atoms with E-state index in [4.69, 9.17) is 0 Å². The minimum atomic E-state index is -4.26. The van der Waals surface area contributed by atoms with Gasteiger partial charge in [-0.05, 0) is 6.08 Å². The standard InChI is InChI=1S/C3H4FO3S/c4-2-1-3-8(5,6)7/h1-2H,3H2. The average Bonchev–Trinajstić information content (AvgIpc) is 1.59. The fraction of sp³-hybridized carbons (Fsp3) is 0.333. The minimum Gasteiger partial charge on any atom is -0.216 e. The summed E-state index contributed by atoms with van der Waals surface area (Å²) in [6.45, 7) is 0. The molecule has 0 N–H and O–H groups in total. The lowest BCUT2D eigenvalue weighted by molar-refractivity contribution is 0.417. The van der Waals surface area contributed by atoms with Crippen molar-refractivity contribution < 1.29 is 17.4 Å². The first-order valence-electron chi connectivity index (χ1n) is 1.75. The van der Waals surface area contributed by atoms with E-state index in [1.165, 1.54) is 0 Å². The van der Waals surface area contributed by atoms with Crippen molar-refractivity contribution in [3.05, 3.63) is 12.4 Å². The summed E-state index contributed by atoms with van der Waals surface area (Å²) in [4.78, 5) is 0. The number of hydrogen-bond donors (Lipinski definition) is 0. The molecule has 0 unspecified atom stereocenters. The molecule has 0 saturated carbocycles. The lowest BCUT2D eigenvalue weighted by Crippen LogP contribution is -1.97. The van der Waals surface area contributed by atoms with Crippen LogP contribution in [0.2, 0.25) is 0 Å². The van der Waals surface area contributed by atoms with Crippen LogP contribution in [0.15, 0.2) is 12.4 Å². The Morgan fingerprint density at radius 2 is 2.00 bits per heavy atom. The monoisotopic (exact) mass is 139 g/mol. The molecule has 0 atom stereocenters. The van der Waals surface area contributed by atoms with Crippen LogP contribution in [0.5, 0.6) is 0 Å². The van der Waals surface area contributed by atoms with Crippen LogP contribution in [0.3, 0.4) is 0 Å². The Hall–Kier alpha value is -0.420. The van der Waals surface area contributed by atoms with Crippen molar-refractivity contribution in [3.63, 3.8) is 0 Å². The molecule has 0 aliphatic carbocycles. The highest BCUT2D eigenvalue weighted by Gasteiger charge is 2.00. The summed E-state index contributed by atoms with van der Waals surface area (Å²) in [5, 5.41) is 0. The molecule has 0 saturated heterocycles. The van der Waals surface area contributed by atoms with Gasteiger partial charge < -0.3 is 0 Å².